The first-order valence-corrected chi connectivity index (χ1v) is 5.41. The minimum absolute atomic E-state index is 0.160. The number of hydrogen-bond donors (Lipinski definition) is 2. The van der Waals surface area contributed by atoms with Crippen molar-refractivity contribution in [1.82, 2.24) is 0 Å². The highest BCUT2D eigenvalue weighted by Crippen LogP contribution is 2.27. The highest BCUT2D eigenvalue weighted by Gasteiger charge is 2.10. The SMILES string of the molecule is CCCN(CCO)c1c(C)cccc1N. The van der Waals surface area contributed by atoms with E-state index in [1.165, 1.54) is 0 Å². The normalized spacial score (nSPS) is 10.3. The van der Waals surface area contributed by atoms with Crippen molar-refractivity contribution in [3.05, 3.63) is 23.8 Å². The van der Waals surface area contributed by atoms with Gasteiger partial charge < -0.3 is 15.7 Å². The van der Waals surface area contributed by atoms with Crippen molar-refractivity contribution in [1.29, 1.82) is 0 Å². The monoisotopic (exact) mass is 208 g/mol. The number of aliphatic hydroxyl groups is 1. The topological polar surface area (TPSA) is 49.5 Å². The Morgan fingerprint density at radius 3 is 2.60 bits per heavy atom. The van der Waals surface area contributed by atoms with E-state index in [-0.39, 0.29) is 6.61 Å². The molecule has 84 valence electrons. The van der Waals surface area contributed by atoms with Gasteiger partial charge in [0.05, 0.1) is 18.0 Å². The van der Waals surface area contributed by atoms with E-state index in [2.05, 4.69) is 11.8 Å². The van der Waals surface area contributed by atoms with Gasteiger partial charge in [-0.2, -0.15) is 0 Å². The van der Waals surface area contributed by atoms with Crippen molar-refractivity contribution in [3.8, 4) is 0 Å². The zero-order valence-electron chi connectivity index (χ0n) is 9.53. The number of nitrogens with zero attached hydrogens (tertiary/aromatic N) is 1. The summed E-state index contributed by atoms with van der Waals surface area (Å²) in [7, 11) is 0. The third kappa shape index (κ3) is 2.86. The maximum Gasteiger partial charge on any atom is 0.0630 e. The summed E-state index contributed by atoms with van der Waals surface area (Å²) in [6, 6.07) is 5.91. The first kappa shape index (κ1) is 11.9. The van der Waals surface area contributed by atoms with Crippen LogP contribution in [0.3, 0.4) is 0 Å². The fourth-order valence-electron chi connectivity index (χ4n) is 1.84. The van der Waals surface area contributed by atoms with Crippen LogP contribution in [-0.4, -0.2) is 24.8 Å². The molecule has 15 heavy (non-hydrogen) atoms. The third-order valence-electron chi connectivity index (χ3n) is 2.45. The summed E-state index contributed by atoms with van der Waals surface area (Å²) in [5.41, 5.74) is 8.98. The fraction of sp³-hybridized carbons (Fsp3) is 0.500. The molecule has 0 bridgehead atoms. The van der Waals surface area contributed by atoms with Crippen LogP contribution in [0.15, 0.2) is 18.2 Å². The van der Waals surface area contributed by atoms with Crippen molar-refractivity contribution >= 4 is 11.4 Å². The molecule has 0 saturated heterocycles. The number of aryl methyl sites for hydroxylation is 1. The Morgan fingerprint density at radius 2 is 2.07 bits per heavy atom. The second kappa shape index (κ2) is 5.61. The van der Waals surface area contributed by atoms with Gasteiger partial charge in [0, 0.05) is 13.1 Å². The standard InChI is InChI=1S/C12H20N2O/c1-3-7-14(8-9-15)12-10(2)5-4-6-11(12)13/h4-6,15H,3,7-9,13H2,1-2H3. The molecule has 0 fully saturated rings. The highest BCUT2D eigenvalue weighted by molar-refractivity contribution is 5.71. The zero-order valence-corrected chi connectivity index (χ0v) is 9.53. The van der Waals surface area contributed by atoms with Gasteiger partial charge in [-0.1, -0.05) is 19.1 Å². The first-order chi connectivity index (χ1) is 7.20. The van der Waals surface area contributed by atoms with Crippen LogP contribution in [0.2, 0.25) is 0 Å². The summed E-state index contributed by atoms with van der Waals surface area (Å²) >= 11 is 0. The van der Waals surface area contributed by atoms with Crippen LogP contribution in [0.1, 0.15) is 18.9 Å². The van der Waals surface area contributed by atoms with Crippen LogP contribution < -0.4 is 10.6 Å². The van der Waals surface area contributed by atoms with Crippen LogP contribution in [0.4, 0.5) is 11.4 Å². The first-order valence-electron chi connectivity index (χ1n) is 5.41. The summed E-state index contributed by atoms with van der Waals surface area (Å²) in [5.74, 6) is 0. The summed E-state index contributed by atoms with van der Waals surface area (Å²) in [4.78, 5) is 2.14. The van der Waals surface area contributed by atoms with Gasteiger partial charge in [-0.05, 0) is 25.0 Å². The fourth-order valence-corrected chi connectivity index (χ4v) is 1.84. The van der Waals surface area contributed by atoms with E-state index in [1.807, 2.05) is 25.1 Å². The Bertz CT molecular complexity index is 286. The number of nitrogen functional groups attached to an aromatic ring is 1. The largest absolute Gasteiger partial charge is 0.397 e. The van der Waals surface area contributed by atoms with E-state index in [0.29, 0.717) is 6.54 Å². The lowest BCUT2D eigenvalue weighted by molar-refractivity contribution is 0.302. The molecular formula is C12H20N2O. The molecule has 0 spiro atoms. The predicted molar refractivity (Wildman–Crippen MR) is 65.2 cm³/mol. The quantitative estimate of drug-likeness (QED) is 0.725. The van der Waals surface area contributed by atoms with E-state index in [1.54, 1.807) is 0 Å². The molecule has 3 heteroatoms. The summed E-state index contributed by atoms with van der Waals surface area (Å²) in [6.07, 6.45) is 1.05. The number of hydrogen-bond acceptors (Lipinski definition) is 3. The van der Waals surface area contributed by atoms with Crippen molar-refractivity contribution in [2.75, 3.05) is 30.3 Å². The molecule has 0 unspecified atom stereocenters. The molecule has 1 aromatic rings. The molecule has 0 saturated carbocycles. The van der Waals surface area contributed by atoms with Gasteiger partial charge in [0.1, 0.15) is 0 Å². The number of rotatable bonds is 5. The van der Waals surface area contributed by atoms with Gasteiger partial charge in [0.2, 0.25) is 0 Å². The molecule has 0 aliphatic heterocycles. The van der Waals surface area contributed by atoms with Gasteiger partial charge in [0.15, 0.2) is 0 Å². The van der Waals surface area contributed by atoms with Gasteiger partial charge in [-0.3, -0.25) is 0 Å². The molecule has 0 aliphatic carbocycles. The highest BCUT2D eigenvalue weighted by atomic mass is 16.3. The minimum atomic E-state index is 0.160. The van der Waals surface area contributed by atoms with Crippen molar-refractivity contribution in [2.24, 2.45) is 0 Å². The molecule has 0 radical (unpaired) electrons. The van der Waals surface area contributed by atoms with E-state index < -0.39 is 0 Å². The maximum absolute atomic E-state index is 9.02. The Morgan fingerprint density at radius 1 is 1.33 bits per heavy atom. The number of aliphatic hydroxyl groups excluding tert-OH is 1. The molecule has 0 aromatic heterocycles. The Hall–Kier alpha value is -1.22. The van der Waals surface area contributed by atoms with Gasteiger partial charge in [-0.25, -0.2) is 0 Å². The molecule has 3 nitrogen and oxygen atoms in total. The van der Waals surface area contributed by atoms with Crippen molar-refractivity contribution in [3.63, 3.8) is 0 Å². The second-order valence-corrected chi connectivity index (χ2v) is 3.72. The van der Waals surface area contributed by atoms with Crippen molar-refractivity contribution in [2.45, 2.75) is 20.3 Å². The van der Waals surface area contributed by atoms with Crippen LogP contribution in [-0.2, 0) is 0 Å². The smallest absolute Gasteiger partial charge is 0.0630 e. The van der Waals surface area contributed by atoms with Gasteiger partial charge in [-0.15, -0.1) is 0 Å². The maximum atomic E-state index is 9.02. The summed E-state index contributed by atoms with van der Waals surface area (Å²) < 4.78 is 0. The minimum Gasteiger partial charge on any atom is -0.397 e. The van der Waals surface area contributed by atoms with Crippen LogP contribution in [0, 0.1) is 6.92 Å². The Kier molecular flexibility index (Phi) is 4.43. The van der Waals surface area contributed by atoms with Crippen LogP contribution >= 0.6 is 0 Å². The summed E-state index contributed by atoms with van der Waals surface area (Å²) in [6.45, 7) is 5.90. The second-order valence-electron chi connectivity index (χ2n) is 3.72. The van der Waals surface area contributed by atoms with E-state index in [0.717, 1.165) is 29.9 Å². The van der Waals surface area contributed by atoms with Crippen molar-refractivity contribution < 1.29 is 5.11 Å². The molecule has 0 aliphatic rings. The average Bonchev–Trinajstić information content (AvgIpc) is 2.18. The Labute approximate surface area is 91.5 Å². The van der Waals surface area contributed by atoms with E-state index >= 15 is 0 Å². The summed E-state index contributed by atoms with van der Waals surface area (Å²) in [5, 5.41) is 9.02. The predicted octanol–water partition coefficient (Wildman–Crippen LogP) is 1.79. The molecule has 3 N–H and O–H groups in total. The lowest BCUT2D eigenvalue weighted by Crippen LogP contribution is -2.28. The molecule has 0 atom stereocenters. The van der Waals surface area contributed by atoms with Gasteiger partial charge >= 0.3 is 0 Å². The molecule has 1 rings (SSSR count). The number of para-hydroxylation sites is 1. The zero-order chi connectivity index (χ0) is 11.3. The van der Waals surface area contributed by atoms with E-state index in [9.17, 15) is 0 Å². The number of nitrogens with two attached hydrogens (primary N) is 1. The number of anilines is 2. The van der Waals surface area contributed by atoms with E-state index in [4.69, 9.17) is 10.8 Å². The lowest BCUT2D eigenvalue weighted by atomic mass is 10.1. The van der Waals surface area contributed by atoms with Crippen LogP contribution in [0.5, 0.6) is 0 Å². The molecule has 1 aromatic carbocycles. The average molecular weight is 208 g/mol. The Balaban J connectivity index is 2.98. The molecule has 0 amide bonds. The lowest BCUT2D eigenvalue weighted by Gasteiger charge is -2.26. The molecule has 0 heterocycles. The third-order valence-corrected chi connectivity index (χ3v) is 2.45. The van der Waals surface area contributed by atoms with Crippen LogP contribution in [0.25, 0.3) is 0 Å². The molecular weight excluding hydrogens is 188 g/mol. The number of benzene rings is 1. The van der Waals surface area contributed by atoms with Gasteiger partial charge in [0.25, 0.3) is 0 Å².